The highest BCUT2D eigenvalue weighted by molar-refractivity contribution is 5.33. The molecule has 2 aliphatic rings. The molecule has 2 unspecified atom stereocenters. The second-order valence-corrected chi connectivity index (χ2v) is 4.81. The van der Waals surface area contributed by atoms with Gasteiger partial charge in [0, 0.05) is 18.6 Å². The molecule has 1 aromatic heterocycles. The molecule has 0 saturated carbocycles. The van der Waals surface area contributed by atoms with Gasteiger partial charge in [-0.15, -0.1) is 0 Å². The molecule has 2 aliphatic heterocycles. The highest BCUT2D eigenvalue weighted by atomic mass is 19.1. The number of aromatic nitrogens is 2. The van der Waals surface area contributed by atoms with Crippen LogP contribution < -0.4 is 10.2 Å². The highest BCUT2D eigenvalue weighted by Crippen LogP contribution is 2.27. The van der Waals surface area contributed by atoms with Gasteiger partial charge in [-0.3, -0.25) is 0 Å². The Morgan fingerprint density at radius 1 is 1.24 bits per heavy atom. The first-order valence-corrected chi connectivity index (χ1v) is 6.32. The summed E-state index contributed by atoms with van der Waals surface area (Å²) in [5, 5.41) is 3.54. The van der Waals surface area contributed by atoms with E-state index in [4.69, 9.17) is 0 Å². The summed E-state index contributed by atoms with van der Waals surface area (Å²) < 4.78 is 12.8. The first-order valence-electron chi connectivity index (χ1n) is 6.32. The Balaban J connectivity index is 1.78. The second kappa shape index (κ2) is 4.56. The lowest BCUT2D eigenvalue weighted by atomic mass is 10.0. The predicted molar refractivity (Wildman–Crippen MR) is 63.4 cm³/mol. The van der Waals surface area contributed by atoms with E-state index >= 15 is 0 Å². The van der Waals surface area contributed by atoms with Gasteiger partial charge in [-0.1, -0.05) is 0 Å². The van der Waals surface area contributed by atoms with Crippen molar-refractivity contribution in [3.05, 3.63) is 18.2 Å². The number of nitrogens with one attached hydrogen (secondary N) is 1. The molecule has 0 aromatic carbocycles. The van der Waals surface area contributed by atoms with Crippen molar-refractivity contribution in [1.29, 1.82) is 0 Å². The lowest BCUT2D eigenvalue weighted by Crippen LogP contribution is -2.44. The van der Waals surface area contributed by atoms with Crippen molar-refractivity contribution in [2.75, 3.05) is 18.0 Å². The second-order valence-electron chi connectivity index (χ2n) is 4.81. The zero-order valence-electron chi connectivity index (χ0n) is 9.77. The average molecular weight is 236 g/mol. The van der Waals surface area contributed by atoms with Crippen LogP contribution >= 0.6 is 0 Å². The Morgan fingerprint density at radius 2 is 2.06 bits per heavy atom. The molecule has 0 aliphatic carbocycles. The van der Waals surface area contributed by atoms with Gasteiger partial charge in [0.25, 0.3) is 0 Å². The minimum absolute atomic E-state index is 0.372. The molecule has 2 atom stereocenters. The van der Waals surface area contributed by atoms with Gasteiger partial charge in [-0.2, -0.15) is 0 Å². The van der Waals surface area contributed by atoms with E-state index in [0.29, 0.717) is 18.0 Å². The molecule has 0 amide bonds. The summed E-state index contributed by atoms with van der Waals surface area (Å²) in [5.74, 6) is 0.297. The van der Waals surface area contributed by atoms with Gasteiger partial charge >= 0.3 is 0 Å². The zero-order valence-corrected chi connectivity index (χ0v) is 9.77. The van der Waals surface area contributed by atoms with E-state index in [1.807, 2.05) is 0 Å². The van der Waals surface area contributed by atoms with Crippen LogP contribution in [0.25, 0.3) is 0 Å². The molecule has 3 heterocycles. The molecule has 1 aromatic rings. The number of nitrogens with zero attached hydrogens (tertiary/aromatic N) is 3. The summed E-state index contributed by atoms with van der Waals surface area (Å²) in [6, 6.07) is 1.02. The lowest BCUT2D eigenvalue weighted by Gasteiger charge is -2.29. The predicted octanol–water partition coefficient (Wildman–Crippen LogP) is 1.34. The van der Waals surface area contributed by atoms with Crippen LogP contribution in [-0.4, -0.2) is 35.1 Å². The van der Waals surface area contributed by atoms with E-state index in [1.54, 1.807) is 0 Å². The zero-order chi connectivity index (χ0) is 11.7. The minimum Gasteiger partial charge on any atom is -0.336 e. The fraction of sp³-hybridized carbons (Fsp3) is 0.667. The number of halogens is 1. The van der Waals surface area contributed by atoms with E-state index in [9.17, 15) is 4.39 Å². The normalized spacial score (nSPS) is 28.9. The maximum Gasteiger partial charge on any atom is 0.225 e. The molecular weight excluding hydrogens is 219 g/mol. The van der Waals surface area contributed by atoms with Crippen LogP contribution in [0.4, 0.5) is 10.3 Å². The fourth-order valence-electron chi connectivity index (χ4n) is 2.95. The number of hydrogen-bond donors (Lipinski definition) is 1. The molecule has 0 bridgehead atoms. The molecule has 5 heteroatoms. The van der Waals surface area contributed by atoms with Gasteiger partial charge in [0.15, 0.2) is 5.82 Å². The largest absolute Gasteiger partial charge is 0.336 e. The summed E-state index contributed by atoms with van der Waals surface area (Å²) in [4.78, 5) is 10.4. The third kappa shape index (κ3) is 2.11. The fourth-order valence-corrected chi connectivity index (χ4v) is 2.95. The van der Waals surface area contributed by atoms with Crippen LogP contribution in [0.3, 0.4) is 0 Å². The van der Waals surface area contributed by atoms with Crippen LogP contribution in [0.1, 0.15) is 25.7 Å². The quantitative estimate of drug-likeness (QED) is 0.841. The summed E-state index contributed by atoms with van der Waals surface area (Å²) in [5.41, 5.74) is 0. The SMILES string of the molecule is Fc1cnc(N2CCCC2C2CCCN2)nc1. The summed E-state index contributed by atoms with van der Waals surface area (Å²) in [6.07, 6.45) is 7.32. The molecule has 0 spiro atoms. The lowest BCUT2D eigenvalue weighted by molar-refractivity contribution is 0.478. The maximum absolute atomic E-state index is 12.8. The Labute approximate surface area is 100 Å². The van der Waals surface area contributed by atoms with E-state index in [-0.39, 0.29) is 5.82 Å². The van der Waals surface area contributed by atoms with Gasteiger partial charge in [-0.05, 0) is 32.2 Å². The van der Waals surface area contributed by atoms with Crippen LogP contribution in [0.15, 0.2) is 12.4 Å². The smallest absolute Gasteiger partial charge is 0.225 e. The Morgan fingerprint density at radius 3 is 2.76 bits per heavy atom. The third-order valence-electron chi connectivity index (χ3n) is 3.73. The standard InChI is InChI=1S/C12H17FN4/c13-9-7-15-12(16-8-9)17-6-2-4-11(17)10-3-1-5-14-10/h7-8,10-11,14H,1-6H2. The average Bonchev–Trinajstić information content (AvgIpc) is 3.00. The van der Waals surface area contributed by atoms with E-state index in [2.05, 4.69) is 20.2 Å². The van der Waals surface area contributed by atoms with E-state index in [0.717, 1.165) is 13.1 Å². The molecule has 17 heavy (non-hydrogen) atoms. The maximum atomic E-state index is 12.8. The first-order chi connectivity index (χ1) is 8.34. The van der Waals surface area contributed by atoms with Gasteiger partial charge < -0.3 is 10.2 Å². The van der Waals surface area contributed by atoms with Crippen molar-refractivity contribution in [1.82, 2.24) is 15.3 Å². The van der Waals surface area contributed by atoms with Gasteiger partial charge in [-0.25, -0.2) is 14.4 Å². The molecule has 92 valence electrons. The van der Waals surface area contributed by atoms with E-state index < -0.39 is 0 Å². The van der Waals surface area contributed by atoms with Crippen molar-refractivity contribution < 1.29 is 4.39 Å². The first kappa shape index (κ1) is 10.9. The topological polar surface area (TPSA) is 41.1 Å². The van der Waals surface area contributed by atoms with Crippen LogP contribution in [0.2, 0.25) is 0 Å². The molecule has 3 rings (SSSR count). The van der Waals surface area contributed by atoms with Crippen LogP contribution in [0.5, 0.6) is 0 Å². The molecule has 2 fully saturated rings. The Bertz CT molecular complexity index is 375. The van der Waals surface area contributed by atoms with Crippen LogP contribution in [0, 0.1) is 5.82 Å². The molecular formula is C12H17FN4. The van der Waals surface area contributed by atoms with Crippen molar-refractivity contribution >= 4 is 5.95 Å². The molecule has 4 nitrogen and oxygen atoms in total. The number of rotatable bonds is 2. The number of hydrogen-bond acceptors (Lipinski definition) is 4. The van der Waals surface area contributed by atoms with E-state index in [1.165, 1.54) is 38.1 Å². The number of anilines is 1. The van der Waals surface area contributed by atoms with Crippen molar-refractivity contribution in [2.45, 2.75) is 37.8 Å². The van der Waals surface area contributed by atoms with Gasteiger partial charge in [0.2, 0.25) is 5.95 Å². The minimum atomic E-state index is -0.372. The molecule has 0 radical (unpaired) electrons. The van der Waals surface area contributed by atoms with Crippen molar-refractivity contribution in [3.8, 4) is 0 Å². The Hall–Kier alpha value is -1.23. The molecule has 1 N–H and O–H groups in total. The summed E-state index contributed by atoms with van der Waals surface area (Å²) in [6.45, 7) is 2.09. The van der Waals surface area contributed by atoms with Gasteiger partial charge in [0.1, 0.15) is 0 Å². The van der Waals surface area contributed by atoms with Gasteiger partial charge in [0.05, 0.1) is 12.4 Å². The summed E-state index contributed by atoms with van der Waals surface area (Å²) >= 11 is 0. The van der Waals surface area contributed by atoms with Crippen molar-refractivity contribution in [3.63, 3.8) is 0 Å². The Kier molecular flexibility index (Phi) is 2.93. The highest BCUT2D eigenvalue weighted by Gasteiger charge is 2.34. The van der Waals surface area contributed by atoms with Crippen LogP contribution in [-0.2, 0) is 0 Å². The molecule has 2 saturated heterocycles. The monoisotopic (exact) mass is 236 g/mol. The third-order valence-corrected chi connectivity index (χ3v) is 3.73. The van der Waals surface area contributed by atoms with Crippen molar-refractivity contribution in [2.24, 2.45) is 0 Å². The summed E-state index contributed by atoms with van der Waals surface area (Å²) in [7, 11) is 0.